The summed E-state index contributed by atoms with van der Waals surface area (Å²) in [7, 11) is 0. The molecule has 0 N–H and O–H groups in total. The van der Waals surface area contributed by atoms with Crippen LogP contribution >= 0.6 is 11.6 Å². The van der Waals surface area contributed by atoms with Crippen molar-refractivity contribution in [3.8, 4) is 0 Å². The Morgan fingerprint density at radius 1 is 1.19 bits per heavy atom. The van der Waals surface area contributed by atoms with Crippen molar-refractivity contribution in [1.82, 2.24) is 14.8 Å². The third kappa shape index (κ3) is 2.97. The minimum atomic E-state index is 0.266. The lowest BCUT2D eigenvalue weighted by Crippen LogP contribution is -2.23. The second-order valence-corrected chi connectivity index (χ2v) is 6.20. The van der Waals surface area contributed by atoms with E-state index in [2.05, 4.69) is 51.7 Å². The Balaban J connectivity index is 2.92. The summed E-state index contributed by atoms with van der Waals surface area (Å²) in [4.78, 5) is 0. The van der Waals surface area contributed by atoms with Gasteiger partial charge in [0.15, 0.2) is 0 Å². The molecule has 0 aromatic carbocycles. The molecule has 0 aliphatic rings. The minimum Gasteiger partial charge on any atom is -0.301 e. The van der Waals surface area contributed by atoms with E-state index in [-0.39, 0.29) is 5.41 Å². The molecule has 0 radical (unpaired) electrons. The molecule has 1 atom stereocenters. The highest BCUT2D eigenvalue weighted by atomic mass is 35.5. The van der Waals surface area contributed by atoms with Gasteiger partial charge in [-0.25, -0.2) is 0 Å². The van der Waals surface area contributed by atoms with Crippen LogP contribution < -0.4 is 0 Å². The summed E-state index contributed by atoms with van der Waals surface area (Å²) in [6.45, 7) is 14.1. The van der Waals surface area contributed by atoms with Gasteiger partial charge >= 0.3 is 0 Å². The van der Waals surface area contributed by atoms with Crippen LogP contribution in [0.2, 0.25) is 5.28 Å². The topological polar surface area (TPSA) is 30.7 Å². The average Bonchev–Trinajstić information content (AvgIpc) is 2.46. The monoisotopic (exact) mass is 243 g/mol. The summed E-state index contributed by atoms with van der Waals surface area (Å²) in [5, 5.41) is 8.58. The van der Waals surface area contributed by atoms with Gasteiger partial charge in [-0.2, -0.15) is 0 Å². The van der Waals surface area contributed by atoms with Crippen LogP contribution in [-0.4, -0.2) is 14.8 Å². The lowest BCUT2D eigenvalue weighted by molar-refractivity contribution is 0.230. The predicted molar refractivity (Wildman–Crippen MR) is 67.7 cm³/mol. The Labute approximate surface area is 103 Å². The molecule has 0 fully saturated rings. The first kappa shape index (κ1) is 13.5. The van der Waals surface area contributed by atoms with Crippen LogP contribution in [0.1, 0.15) is 53.3 Å². The standard InChI is InChI=1S/C12H22ClN3/c1-8(2)10-14-15-11(13)16(10)7-9(3)12(4,5)6/h8-9H,7H2,1-6H3. The van der Waals surface area contributed by atoms with Crippen molar-refractivity contribution in [2.24, 2.45) is 11.3 Å². The molecule has 0 spiro atoms. The molecule has 92 valence electrons. The van der Waals surface area contributed by atoms with Crippen molar-refractivity contribution in [3.63, 3.8) is 0 Å². The van der Waals surface area contributed by atoms with Crippen LogP contribution in [0.25, 0.3) is 0 Å². The second kappa shape index (κ2) is 4.74. The minimum absolute atomic E-state index is 0.266. The SMILES string of the molecule is CC(C)c1nnc(Cl)n1CC(C)C(C)(C)C. The first-order valence-electron chi connectivity index (χ1n) is 5.82. The van der Waals surface area contributed by atoms with E-state index >= 15 is 0 Å². The number of hydrogen-bond donors (Lipinski definition) is 0. The molecule has 0 aliphatic carbocycles. The summed E-state index contributed by atoms with van der Waals surface area (Å²) >= 11 is 6.07. The molecular weight excluding hydrogens is 222 g/mol. The van der Waals surface area contributed by atoms with Crippen molar-refractivity contribution >= 4 is 11.6 Å². The number of rotatable bonds is 3. The van der Waals surface area contributed by atoms with Crippen LogP contribution in [0.3, 0.4) is 0 Å². The normalized spacial score (nSPS) is 14.5. The van der Waals surface area contributed by atoms with Gasteiger partial charge in [0, 0.05) is 12.5 Å². The van der Waals surface area contributed by atoms with Crippen molar-refractivity contribution in [2.75, 3.05) is 0 Å². The zero-order chi connectivity index (χ0) is 12.5. The van der Waals surface area contributed by atoms with Crippen LogP contribution in [-0.2, 0) is 6.54 Å². The van der Waals surface area contributed by atoms with Gasteiger partial charge in [-0.15, -0.1) is 10.2 Å². The van der Waals surface area contributed by atoms with Crippen molar-refractivity contribution in [2.45, 2.75) is 54.0 Å². The first-order chi connectivity index (χ1) is 7.23. The predicted octanol–water partition coefficient (Wildman–Crippen LogP) is 3.74. The van der Waals surface area contributed by atoms with Gasteiger partial charge in [-0.05, 0) is 22.9 Å². The number of nitrogens with zero attached hydrogens (tertiary/aromatic N) is 3. The van der Waals surface area contributed by atoms with E-state index < -0.39 is 0 Å². The molecule has 0 saturated carbocycles. The van der Waals surface area contributed by atoms with Gasteiger partial charge in [-0.1, -0.05) is 41.5 Å². The zero-order valence-electron chi connectivity index (χ0n) is 11.1. The summed E-state index contributed by atoms with van der Waals surface area (Å²) < 4.78 is 2.03. The van der Waals surface area contributed by atoms with Gasteiger partial charge in [-0.3, -0.25) is 0 Å². The van der Waals surface area contributed by atoms with Gasteiger partial charge in [0.2, 0.25) is 5.28 Å². The summed E-state index contributed by atoms with van der Waals surface area (Å²) in [6, 6.07) is 0. The smallest absolute Gasteiger partial charge is 0.225 e. The Morgan fingerprint density at radius 2 is 1.75 bits per heavy atom. The van der Waals surface area contributed by atoms with Crippen molar-refractivity contribution < 1.29 is 0 Å². The summed E-state index contributed by atoms with van der Waals surface area (Å²) in [5.41, 5.74) is 0.266. The van der Waals surface area contributed by atoms with Gasteiger partial charge < -0.3 is 4.57 Å². The highest BCUT2D eigenvalue weighted by Gasteiger charge is 2.23. The maximum Gasteiger partial charge on any atom is 0.225 e. The fraction of sp³-hybridized carbons (Fsp3) is 0.833. The molecule has 1 heterocycles. The molecule has 0 bridgehead atoms. The van der Waals surface area contributed by atoms with Crippen LogP contribution in [0, 0.1) is 11.3 Å². The van der Waals surface area contributed by atoms with Crippen molar-refractivity contribution in [1.29, 1.82) is 0 Å². The molecule has 0 aliphatic heterocycles. The maximum absolute atomic E-state index is 6.07. The molecule has 1 unspecified atom stereocenters. The number of halogens is 1. The summed E-state index contributed by atoms with van der Waals surface area (Å²) in [6.07, 6.45) is 0. The molecule has 0 saturated heterocycles. The van der Waals surface area contributed by atoms with E-state index in [4.69, 9.17) is 11.6 Å². The zero-order valence-corrected chi connectivity index (χ0v) is 11.8. The second-order valence-electron chi connectivity index (χ2n) is 5.86. The van der Waals surface area contributed by atoms with E-state index in [0.717, 1.165) is 12.4 Å². The number of aromatic nitrogens is 3. The fourth-order valence-electron chi connectivity index (χ4n) is 1.44. The first-order valence-corrected chi connectivity index (χ1v) is 6.20. The third-order valence-electron chi connectivity index (χ3n) is 3.19. The average molecular weight is 244 g/mol. The number of hydrogen-bond acceptors (Lipinski definition) is 2. The molecule has 1 aromatic rings. The van der Waals surface area contributed by atoms with Crippen LogP contribution in [0.15, 0.2) is 0 Å². The Hall–Kier alpha value is -0.570. The summed E-state index contributed by atoms with van der Waals surface area (Å²) in [5.74, 6) is 1.85. The molecule has 4 heteroatoms. The lowest BCUT2D eigenvalue weighted by Gasteiger charge is -2.28. The van der Waals surface area contributed by atoms with E-state index in [1.165, 1.54) is 0 Å². The van der Waals surface area contributed by atoms with E-state index in [9.17, 15) is 0 Å². The molecule has 16 heavy (non-hydrogen) atoms. The van der Waals surface area contributed by atoms with E-state index in [1.807, 2.05) is 4.57 Å². The van der Waals surface area contributed by atoms with Gasteiger partial charge in [0.05, 0.1) is 0 Å². The molecule has 3 nitrogen and oxygen atoms in total. The van der Waals surface area contributed by atoms with E-state index in [1.54, 1.807) is 0 Å². The lowest BCUT2D eigenvalue weighted by atomic mass is 9.82. The van der Waals surface area contributed by atoms with E-state index in [0.29, 0.717) is 17.1 Å². The third-order valence-corrected chi connectivity index (χ3v) is 3.47. The van der Waals surface area contributed by atoms with Crippen LogP contribution in [0.5, 0.6) is 0 Å². The highest BCUT2D eigenvalue weighted by Crippen LogP contribution is 2.28. The fourth-order valence-corrected chi connectivity index (χ4v) is 1.63. The van der Waals surface area contributed by atoms with Gasteiger partial charge in [0.1, 0.15) is 5.82 Å². The molecule has 1 rings (SSSR count). The van der Waals surface area contributed by atoms with Crippen molar-refractivity contribution in [3.05, 3.63) is 11.1 Å². The Bertz CT molecular complexity index is 350. The maximum atomic E-state index is 6.07. The van der Waals surface area contributed by atoms with Gasteiger partial charge in [0.25, 0.3) is 0 Å². The Morgan fingerprint density at radius 3 is 2.19 bits per heavy atom. The molecule has 1 aromatic heterocycles. The highest BCUT2D eigenvalue weighted by molar-refractivity contribution is 6.28. The van der Waals surface area contributed by atoms with Crippen LogP contribution in [0.4, 0.5) is 0 Å². The molecule has 0 amide bonds. The molecular formula is C12H22ClN3. The Kier molecular flexibility index (Phi) is 4.00. The largest absolute Gasteiger partial charge is 0.301 e. The quantitative estimate of drug-likeness (QED) is 0.810.